The summed E-state index contributed by atoms with van der Waals surface area (Å²) in [5.74, 6) is 0.0586. The number of anilines is 2. The number of aromatic nitrogens is 1. The first-order valence-corrected chi connectivity index (χ1v) is 11.1. The highest BCUT2D eigenvalue weighted by Gasteiger charge is 2.31. The zero-order chi connectivity index (χ0) is 21.9. The summed E-state index contributed by atoms with van der Waals surface area (Å²) in [7, 11) is -3.53. The number of rotatable bonds is 5. The monoisotopic (exact) mass is 442 g/mol. The fourth-order valence-corrected chi connectivity index (χ4v) is 3.80. The normalized spacial score (nSPS) is 15.7. The van der Waals surface area contributed by atoms with Crippen molar-refractivity contribution < 1.29 is 26.4 Å². The van der Waals surface area contributed by atoms with Crippen LogP contribution in [0.4, 0.5) is 24.7 Å². The van der Waals surface area contributed by atoms with Gasteiger partial charge in [0, 0.05) is 25.3 Å². The van der Waals surface area contributed by atoms with Gasteiger partial charge in [0.05, 0.1) is 23.1 Å². The van der Waals surface area contributed by atoms with Crippen LogP contribution in [-0.4, -0.2) is 44.7 Å². The maximum absolute atomic E-state index is 12.7. The molecule has 0 spiro atoms. The Morgan fingerprint density at radius 3 is 2.37 bits per heavy atom. The molecule has 7 nitrogen and oxygen atoms in total. The zero-order valence-electron chi connectivity index (χ0n) is 16.1. The van der Waals surface area contributed by atoms with Crippen LogP contribution in [0, 0.1) is 0 Å². The predicted molar refractivity (Wildman–Crippen MR) is 107 cm³/mol. The van der Waals surface area contributed by atoms with Crippen molar-refractivity contribution in [1.29, 1.82) is 0 Å². The van der Waals surface area contributed by atoms with Crippen LogP contribution in [-0.2, 0) is 16.2 Å². The number of amides is 1. The van der Waals surface area contributed by atoms with Crippen LogP contribution < -0.4 is 14.9 Å². The van der Waals surface area contributed by atoms with Gasteiger partial charge < -0.3 is 10.2 Å². The number of halogens is 3. The summed E-state index contributed by atoms with van der Waals surface area (Å²) in [6.45, 7) is 1.04. The van der Waals surface area contributed by atoms with Gasteiger partial charge in [0.2, 0.25) is 10.0 Å². The molecule has 1 aromatic carbocycles. The van der Waals surface area contributed by atoms with E-state index in [9.17, 15) is 26.4 Å². The Morgan fingerprint density at radius 1 is 1.13 bits per heavy atom. The molecule has 3 rings (SSSR count). The lowest BCUT2D eigenvalue weighted by Gasteiger charge is -2.33. The van der Waals surface area contributed by atoms with Gasteiger partial charge >= 0.3 is 6.18 Å². The number of sulfonamides is 1. The summed E-state index contributed by atoms with van der Waals surface area (Å²) in [4.78, 5) is 18.4. The molecule has 0 atom stereocenters. The van der Waals surface area contributed by atoms with Crippen molar-refractivity contribution in [2.24, 2.45) is 0 Å². The van der Waals surface area contributed by atoms with Crippen molar-refractivity contribution in [2.45, 2.75) is 25.1 Å². The van der Waals surface area contributed by atoms with Gasteiger partial charge in [-0.25, -0.2) is 13.4 Å². The Hall–Kier alpha value is -2.82. The molecule has 0 aliphatic carbocycles. The van der Waals surface area contributed by atoms with E-state index in [1.165, 1.54) is 18.2 Å². The lowest BCUT2D eigenvalue weighted by atomic mass is 10.0. The molecule has 2 heterocycles. The third-order valence-electron chi connectivity index (χ3n) is 4.70. The maximum Gasteiger partial charge on any atom is 0.417 e. The van der Waals surface area contributed by atoms with Crippen molar-refractivity contribution in [1.82, 2.24) is 10.3 Å². The van der Waals surface area contributed by atoms with Crippen LogP contribution in [0.1, 0.15) is 28.8 Å². The first-order valence-electron chi connectivity index (χ1n) is 9.19. The average Bonchev–Trinajstić information content (AvgIpc) is 2.67. The van der Waals surface area contributed by atoms with Crippen molar-refractivity contribution in [3.63, 3.8) is 0 Å². The number of nitrogens with one attached hydrogen (secondary N) is 2. The van der Waals surface area contributed by atoms with E-state index in [2.05, 4.69) is 15.0 Å². The Labute approximate surface area is 172 Å². The van der Waals surface area contributed by atoms with E-state index < -0.39 is 27.7 Å². The van der Waals surface area contributed by atoms with Gasteiger partial charge in [0.25, 0.3) is 5.91 Å². The number of carbonyl (C=O) groups is 1. The second-order valence-corrected chi connectivity index (χ2v) is 8.81. The second-order valence-electron chi connectivity index (χ2n) is 7.06. The molecule has 0 saturated carbocycles. The number of nitrogens with zero attached hydrogens (tertiary/aromatic N) is 2. The molecule has 162 valence electrons. The van der Waals surface area contributed by atoms with Crippen LogP contribution in [0.2, 0.25) is 0 Å². The highest BCUT2D eigenvalue weighted by Crippen LogP contribution is 2.30. The number of carbonyl (C=O) groups excluding carboxylic acids is 1. The third-order valence-corrected chi connectivity index (χ3v) is 5.29. The topological polar surface area (TPSA) is 91.4 Å². The second kappa shape index (κ2) is 8.50. The maximum atomic E-state index is 12.7. The van der Waals surface area contributed by atoms with E-state index in [1.807, 2.05) is 4.90 Å². The Kier molecular flexibility index (Phi) is 6.20. The zero-order valence-corrected chi connectivity index (χ0v) is 16.9. The molecule has 0 unspecified atom stereocenters. The van der Waals surface area contributed by atoms with E-state index in [0.717, 1.165) is 18.5 Å². The van der Waals surface area contributed by atoms with E-state index in [1.54, 1.807) is 12.1 Å². The molecule has 1 aliphatic heterocycles. The molecular formula is C19H21F3N4O3S. The van der Waals surface area contributed by atoms with E-state index in [-0.39, 0.29) is 17.3 Å². The fraction of sp³-hybridized carbons (Fsp3) is 0.368. The standard InChI is InChI=1S/C19H21F3N4O3S/c1-30(28,29)25-16-5-3-2-4-15(16)18(27)24-14-8-10-26(11-9-14)17-7-6-13(12-23-17)19(20,21)22/h2-7,12,14,25H,8-11H2,1H3,(H,24,27). The van der Waals surface area contributed by atoms with Crippen molar-refractivity contribution in [2.75, 3.05) is 29.0 Å². The summed E-state index contributed by atoms with van der Waals surface area (Å²) < 4.78 is 63.3. The molecule has 2 aromatic rings. The fourth-order valence-electron chi connectivity index (χ4n) is 3.23. The number of piperidine rings is 1. The SMILES string of the molecule is CS(=O)(=O)Nc1ccccc1C(=O)NC1CCN(c2ccc(C(F)(F)F)cn2)CC1. The van der Waals surface area contributed by atoms with Gasteiger partial charge in [0.1, 0.15) is 5.82 Å². The number of hydrogen-bond donors (Lipinski definition) is 2. The molecule has 11 heteroatoms. The van der Waals surface area contributed by atoms with E-state index in [4.69, 9.17) is 0 Å². The summed E-state index contributed by atoms with van der Waals surface area (Å²) in [6.07, 6.45) is -1.45. The number of hydrogen-bond acceptors (Lipinski definition) is 5. The molecule has 1 aromatic heterocycles. The van der Waals surface area contributed by atoms with E-state index >= 15 is 0 Å². The van der Waals surface area contributed by atoms with Crippen LogP contribution in [0.25, 0.3) is 0 Å². The molecule has 1 fully saturated rings. The van der Waals surface area contributed by atoms with Crippen molar-refractivity contribution in [3.8, 4) is 0 Å². The minimum absolute atomic E-state index is 0.144. The molecule has 1 aliphatic rings. The van der Waals surface area contributed by atoms with E-state index in [0.29, 0.717) is 31.7 Å². The highest BCUT2D eigenvalue weighted by atomic mass is 32.2. The summed E-state index contributed by atoms with van der Waals surface area (Å²) in [5, 5.41) is 2.89. The smallest absolute Gasteiger partial charge is 0.356 e. The molecule has 30 heavy (non-hydrogen) atoms. The van der Waals surface area contributed by atoms with Gasteiger partial charge in [-0.2, -0.15) is 13.2 Å². The van der Waals surface area contributed by atoms with Crippen LogP contribution in [0.15, 0.2) is 42.6 Å². The van der Waals surface area contributed by atoms with Gasteiger partial charge in [-0.15, -0.1) is 0 Å². The molecule has 1 amide bonds. The lowest BCUT2D eigenvalue weighted by molar-refractivity contribution is -0.137. The average molecular weight is 442 g/mol. The van der Waals surface area contributed by atoms with Crippen LogP contribution in [0.3, 0.4) is 0 Å². The Balaban J connectivity index is 1.59. The molecule has 2 N–H and O–H groups in total. The Bertz CT molecular complexity index is 1000. The van der Waals surface area contributed by atoms with Crippen molar-refractivity contribution in [3.05, 3.63) is 53.7 Å². The third kappa shape index (κ3) is 5.62. The Morgan fingerprint density at radius 2 is 1.80 bits per heavy atom. The highest BCUT2D eigenvalue weighted by molar-refractivity contribution is 7.92. The quantitative estimate of drug-likeness (QED) is 0.743. The molecular weight excluding hydrogens is 421 g/mol. The predicted octanol–water partition coefficient (Wildman–Crippen LogP) is 2.87. The molecule has 0 bridgehead atoms. The minimum Gasteiger partial charge on any atom is -0.356 e. The summed E-state index contributed by atoms with van der Waals surface area (Å²) >= 11 is 0. The number of pyridine rings is 1. The van der Waals surface area contributed by atoms with Gasteiger partial charge in [-0.3, -0.25) is 9.52 Å². The largest absolute Gasteiger partial charge is 0.417 e. The minimum atomic E-state index is -4.43. The molecule has 0 radical (unpaired) electrons. The lowest BCUT2D eigenvalue weighted by Crippen LogP contribution is -2.45. The first kappa shape index (κ1) is 21.9. The van der Waals surface area contributed by atoms with Crippen molar-refractivity contribution >= 4 is 27.4 Å². The van der Waals surface area contributed by atoms with Gasteiger partial charge in [-0.1, -0.05) is 12.1 Å². The van der Waals surface area contributed by atoms with Gasteiger partial charge in [0.15, 0.2) is 0 Å². The first-order chi connectivity index (χ1) is 14.0. The number of para-hydroxylation sites is 1. The van der Waals surface area contributed by atoms with Crippen LogP contribution in [0.5, 0.6) is 0 Å². The molecule has 1 saturated heterocycles. The summed E-state index contributed by atoms with van der Waals surface area (Å²) in [6, 6.07) is 8.51. The number of alkyl halides is 3. The summed E-state index contributed by atoms with van der Waals surface area (Å²) in [5.41, 5.74) is -0.381. The van der Waals surface area contributed by atoms with Gasteiger partial charge in [-0.05, 0) is 37.1 Å². The van der Waals surface area contributed by atoms with Crippen LogP contribution >= 0.6 is 0 Å². The number of benzene rings is 1.